The van der Waals surface area contributed by atoms with E-state index in [1.807, 2.05) is 31.2 Å². The number of amides is 1. The van der Waals surface area contributed by atoms with E-state index in [0.29, 0.717) is 42.0 Å². The molecule has 0 atom stereocenters. The molecule has 0 fully saturated rings. The highest BCUT2D eigenvalue weighted by Gasteiger charge is 2.26. The van der Waals surface area contributed by atoms with Crippen molar-refractivity contribution in [1.29, 1.82) is 0 Å². The molecule has 1 N–H and O–H groups in total. The largest absolute Gasteiger partial charge is 0.334 e. The Morgan fingerprint density at radius 2 is 1.90 bits per heavy atom. The number of halogens is 1. The summed E-state index contributed by atoms with van der Waals surface area (Å²) < 4.78 is 15.6. The first-order valence-electron chi connectivity index (χ1n) is 9.75. The van der Waals surface area contributed by atoms with Crippen LogP contribution in [0.15, 0.2) is 59.5 Å². The van der Waals surface area contributed by atoms with Crippen molar-refractivity contribution < 1.29 is 9.18 Å². The van der Waals surface area contributed by atoms with Crippen LogP contribution in [0, 0.1) is 12.7 Å². The van der Waals surface area contributed by atoms with Crippen molar-refractivity contribution in [1.82, 2.24) is 19.3 Å². The summed E-state index contributed by atoms with van der Waals surface area (Å²) in [6, 6.07) is 13.8. The minimum absolute atomic E-state index is 0.0640. The number of carbonyl (C=O) groups excluding carboxylic acids is 1. The fourth-order valence-electron chi connectivity index (χ4n) is 3.89. The van der Waals surface area contributed by atoms with Gasteiger partial charge in [0.1, 0.15) is 11.5 Å². The van der Waals surface area contributed by atoms with Gasteiger partial charge in [-0.25, -0.2) is 14.2 Å². The summed E-state index contributed by atoms with van der Waals surface area (Å²) in [5.74, 6) is -0.465. The number of nitrogens with zero attached hydrogens (tertiary/aromatic N) is 3. The van der Waals surface area contributed by atoms with Gasteiger partial charge in [-0.2, -0.15) is 0 Å². The summed E-state index contributed by atoms with van der Waals surface area (Å²) in [7, 11) is 0. The molecule has 0 saturated heterocycles. The summed E-state index contributed by atoms with van der Waals surface area (Å²) in [6.07, 6.45) is 2.06. The van der Waals surface area contributed by atoms with Gasteiger partial charge in [0.15, 0.2) is 0 Å². The number of aromatic nitrogens is 3. The van der Waals surface area contributed by atoms with Crippen molar-refractivity contribution in [2.75, 3.05) is 6.54 Å². The van der Waals surface area contributed by atoms with Gasteiger partial charge in [0.05, 0.1) is 12.2 Å². The predicted molar refractivity (Wildman–Crippen MR) is 111 cm³/mol. The fraction of sp³-hybridized carbons (Fsp3) is 0.174. The summed E-state index contributed by atoms with van der Waals surface area (Å²) >= 11 is 0. The number of aromatic amines is 1. The van der Waals surface area contributed by atoms with Crippen molar-refractivity contribution in [3.8, 4) is 11.3 Å². The van der Waals surface area contributed by atoms with Crippen LogP contribution >= 0.6 is 0 Å². The van der Waals surface area contributed by atoms with Crippen molar-refractivity contribution in [3.05, 3.63) is 93.4 Å². The molecule has 1 aliphatic heterocycles. The van der Waals surface area contributed by atoms with Gasteiger partial charge in [0, 0.05) is 41.5 Å². The number of rotatable bonds is 2. The number of aryl methyl sites for hydroxylation is 1. The lowest BCUT2D eigenvalue weighted by Gasteiger charge is -2.28. The van der Waals surface area contributed by atoms with Gasteiger partial charge in [-0.3, -0.25) is 9.20 Å². The summed E-state index contributed by atoms with van der Waals surface area (Å²) in [5, 5.41) is 0. The van der Waals surface area contributed by atoms with Gasteiger partial charge in [0.25, 0.3) is 5.91 Å². The molecular formula is C23H19FN4O2. The monoisotopic (exact) mass is 402 g/mol. The molecule has 150 valence electrons. The van der Waals surface area contributed by atoms with Crippen molar-refractivity contribution >= 4 is 11.6 Å². The lowest BCUT2D eigenvalue weighted by molar-refractivity contribution is 0.0734. The molecule has 30 heavy (non-hydrogen) atoms. The molecule has 0 bridgehead atoms. The molecule has 6 nitrogen and oxygen atoms in total. The molecule has 1 aliphatic rings. The number of H-pyrrole nitrogens is 1. The van der Waals surface area contributed by atoms with Crippen molar-refractivity contribution in [3.63, 3.8) is 0 Å². The van der Waals surface area contributed by atoms with Crippen molar-refractivity contribution in [2.45, 2.75) is 19.9 Å². The Labute approximate surface area is 171 Å². The predicted octanol–water partition coefficient (Wildman–Crippen LogP) is 3.34. The number of benzene rings is 2. The standard InChI is InChI=1S/C23H19FN4O2/c1-14-6-8-15(9-7-14)22(29)27-11-10-19-17(12-27)21-25-20(13-28(21)23(30)26-19)16-4-2-3-5-18(16)24/h2-9,13H,10-12H2,1H3,(H,26,30). The molecule has 1 amide bonds. The SMILES string of the molecule is Cc1ccc(C(=O)N2CCc3[nH]c(=O)n4cc(-c5ccccc5F)nc4c3C2)cc1. The Kier molecular flexibility index (Phi) is 4.24. The zero-order valence-corrected chi connectivity index (χ0v) is 16.4. The average Bonchev–Trinajstić information content (AvgIpc) is 3.20. The topological polar surface area (TPSA) is 70.5 Å². The van der Waals surface area contributed by atoms with E-state index in [2.05, 4.69) is 9.97 Å². The summed E-state index contributed by atoms with van der Waals surface area (Å²) in [5.41, 5.74) is 4.11. The molecule has 0 unspecified atom stereocenters. The zero-order chi connectivity index (χ0) is 20.8. The van der Waals surface area contributed by atoms with Crippen LogP contribution in [0.3, 0.4) is 0 Å². The zero-order valence-electron chi connectivity index (χ0n) is 16.4. The average molecular weight is 402 g/mol. The molecule has 2 aromatic heterocycles. The van der Waals surface area contributed by atoms with Crippen LogP contribution in [0.5, 0.6) is 0 Å². The first-order chi connectivity index (χ1) is 14.5. The fourth-order valence-corrected chi connectivity index (χ4v) is 3.89. The summed E-state index contributed by atoms with van der Waals surface area (Å²) in [6.45, 7) is 2.81. The molecule has 5 rings (SSSR count). The van der Waals surface area contributed by atoms with Crippen LogP contribution in [0.4, 0.5) is 4.39 Å². The highest BCUT2D eigenvalue weighted by Crippen LogP contribution is 2.26. The van der Waals surface area contributed by atoms with Crippen LogP contribution in [0.1, 0.15) is 27.2 Å². The van der Waals surface area contributed by atoms with E-state index in [9.17, 15) is 14.0 Å². The van der Waals surface area contributed by atoms with Gasteiger partial charge in [0.2, 0.25) is 0 Å². The number of imidazole rings is 1. The maximum absolute atomic E-state index is 14.2. The summed E-state index contributed by atoms with van der Waals surface area (Å²) in [4.78, 5) is 34.7. The van der Waals surface area contributed by atoms with Crippen molar-refractivity contribution in [2.24, 2.45) is 0 Å². The minimum Gasteiger partial charge on any atom is -0.334 e. The number of fused-ring (bicyclic) bond motifs is 3. The molecule has 3 heterocycles. The quantitative estimate of drug-likeness (QED) is 0.559. The van der Waals surface area contributed by atoms with Crippen LogP contribution in [-0.2, 0) is 13.0 Å². The molecule has 2 aromatic carbocycles. The Hall–Kier alpha value is -3.74. The van der Waals surface area contributed by atoms with E-state index < -0.39 is 5.82 Å². The van der Waals surface area contributed by atoms with Crippen LogP contribution < -0.4 is 5.69 Å². The maximum atomic E-state index is 14.2. The third-order valence-electron chi connectivity index (χ3n) is 5.53. The first kappa shape index (κ1) is 18.3. The highest BCUT2D eigenvalue weighted by atomic mass is 19.1. The second-order valence-corrected chi connectivity index (χ2v) is 7.53. The first-order valence-corrected chi connectivity index (χ1v) is 9.75. The number of nitrogens with one attached hydrogen (secondary N) is 1. The normalized spacial score (nSPS) is 13.5. The van der Waals surface area contributed by atoms with Crippen LogP contribution in [-0.4, -0.2) is 31.7 Å². The molecule has 0 radical (unpaired) electrons. The van der Waals surface area contributed by atoms with Gasteiger partial charge in [-0.05, 0) is 31.2 Å². The second kappa shape index (κ2) is 6.95. The van der Waals surface area contributed by atoms with Crippen LogP contribution in [0.2, 0.25) is 0 Å². The highest BCUT2D eigenvalue weighted by molar-refractivity contribution is 5.94. The smallest absolute Gasteiger partial charge is 0.331 e. The third kappa shape index (κ3) is 2.99. The van der Waals surface area contributed by atoms with E-state index in [1.165, 1.54) is 16.7 Å². The third-order valence-corrected chi connectivity index (χ3v) is 5.53. The van der Waals surface area contributed by atoms with Gasteiger partial charge < -0.3 is 9.88 Å². The molecule has 7 heteroatoms. The van der Waals surface area contributed by atoms with Gasteiger partial charge in [-0.1, -0.05) is 29.8 Å². The molecule has 4 aromatic rings. The molecule has 0 spiro atoms. The number of hydrogen-bond donors (Lipinski definition) is 1. The molecule has 0 aliphatic carbocycles. The van der Waals surface area contributed by atoms with E-state index in [4.69, 9.17) is 0 Å². The second-order valence-electron chi connectivity index (χ2n) is 7.53. The van der Waals surface area contributed by atoms with Gasteiger partial charge in [-0.15, -0.1) is 0 Å². The Morgan fingerprint density at radius 1 is 1.13 bits per heavy atom. The minimum atomic E-state index is -0.401. The van der Waals surface area contributed by atoms with E-state index >= 15 is 0 Å². The lowest BCUT2D eigenvalue weighted by atomic mass is 10.0. The van der Waals surface area contributed by atoms with E-state index in [-0.39, 0.29) is 11.6 Å². The Balaban J connectivity index is 1.57. The molecular weight excluding hydrogens is 383 g/mol. The Bertz CT molecular complexity index is 1340. The number of carbonyl (C=O) groups is 1. The lowest BCUT2D eigenvalue weighted by Crippen LogP contribution is -2.38. The molecule has 0 saturated carbocycles. The van der Waals surface area contributed by atoms with E-state index in [0.717, 1.165) is 16.8 Å². The number of hydrogen-bond acceptors (Lipinski definition) is 3. The Morgan fingerprint density at radius 3 is 2.67 bits per heavy atom. The van der Waals surface area contributed by atoms with E-state index in [1.54, 1.807) is 23.1 Å². The van der Waals surface area contributed by atoms with Gasteiger partial charge >= 0.3 is 5.69 Å². The maximum Gasteiger partial charge on any atom is 0.331 e. The van der Waals surface area contributed by atoms with Crippen LogP contribution in [0.25, 0.3) is 16.9 Å².